The second kappa shape index (κ2) is 10.9. The molecule has 7 heteroatoms. The lowest BCUT2D eigenvalue weighted by Gasteiger charge is -2.27. The van der Waals surface area contributed by atoms with E-state index in [1.54, 1.807) is 0 Å². The van der Waals surface area contributed by atoms with Crippen molar-refractivity contribution < 1.29 is 5.11 Å². The minimum Gasteiger partial charge on any atom is -0.393 e. The van der Waals surface area contributed by atoms with Crippen molar-refractivity contribution >= 4 is 11.8 Å². The second-order valence-corrected chi connectivity index (χ2v) is 9.00. The highest BCUT2D eigenvalue weighted by atomic mass is 16.3. The number of aliphatic hydroxyl groups excluding tert-OH is 1. The maximum Gasteiger partial charge on any atom is 0.224 e. The monoisotopic (exact) mass is 424 g/mol. The van der Waals surface area contributed by atoms with Gasteiger partial charge >= 0.3 is 0 Å². The molecule has 2 aromatic heterocycles. The molecule has 2 aromatic rings. The maximum absolute atomic E-state index is 9.84. The summed E-state index contributed by atoms with van der Waals surface area (Å²) in [4.78, 5) is 14.1. The molecule has 0 bridgehead atoms. The van der Waals surface area contributed by atoms with Gasteiger partial charge in [0.25, 0.3) is 0 Å². The second-order valence-electron chi connectivity index (χ2n) is 9.00. The summed E-state index contributed by atoms with van der Waals surface area (Å²) in [5, 5.41) is 20.2. The molecule has 168 valence electrons. The molecule has 1 unspecified atom stereocenters. The fourth-order valence-corrected chi connectivity index (χ4v) is 4.48. The number of hydrogen-bond acceptors (Lipinski definition) is 7. The van der Waals surface area contributed by atoms with E-state index in [1.165, 1.54) is 12.0 Å². The molecule has 0 radical (unpaired) electrons. The summed E-state index contributed by atoms with van der Waals surface area (Å²) in [5.41, 5.74) is 3.11. The Morgan fingerprint density at radius 1 is 1.10 bits per heavy atom. The first-order valence-corrected chi connectivity index (χ1v) is 11.9. The van der Waals surface area contributed by atoms with Gasteiger partial charge in [-0.25, -0.2) is 4.98 Å². The molecule has 0 spiro atoms. The van der Waals surface area contributed by atoms with Crippen molar-refractivity contribution in [2.45, 2.75) is 70.4 Å². The first kappa shape index (κ1) is 22.0. The molecule has 31 heavy (non-hydrogen) atoms. The molecular weight excluding hydrogens is 388 g/mol. The third-order valence-corrected chi connectivity index (χ3v) is 6.43. The van der Waals surface area contributed by atoms with Crippen molar-refractivity contribution in [3.63, 3.8) is 0 Å². The predicted octanol–water partition coefficient (Wildman–Crippen LogP) is 3.62. The van der Waals surface area contributed by atoms with Gasteiger partial charge in [0.1, 0.15) is 5.82 Å². The molecule has 1 aliphatic heterocycles. The minimum absolute atomic E-state index is 0.168. The Kier molecular flexibility index (Phi) is 7.70. The Bertz CT molecular complexity index is 813. The van der Waals surface area contributed by atoms with Gasteiger partial charge in [0.2, 0.25) is 5.95 Å². The van der Waals surface area contributed by atoms with Crippen LogP contribution < -0.4 is 16.0 Å². The lowest BCUT2D eigenvalue weighted by atomic mass is 9.93. The molecule has 1 saturated heterocycles. The largest absolute Gasteiger partial charge is 0.393 e. The van der Waals surface area contributed by atoms with Crippen molar-refractivity contribution in [2.24, 2.45) is 5.92 Å². The third-order valence-electron chi connectivity index (χ3n) is 6.43. The van der Waals surface area contributed by atoms with Crippen LogP contribution in [0.3, 0.4) is 0 Å². The van der Waals surface area contributed by atoms with E-state index in [1.807, 2.05) is 12.4 Å². The van der Waals surface area contributed by atoms with Gasteiger partial charge < -0.3 is 21.1 Å². The number of nitrogens with one attached hydrogen (secondary N) is 3. The fourth-order valence-electron chi connectivity index (χ4n) is 4.48. The summed E-state index contributed by atoms with van der Waals surface area (Å²) in [6.45, 7) is 5.27. The fraction of sp³-hybridized carbons (Fsp3) is 0.625. The van der Waals surface area contributed by atoms with Crippen LogP contribution in [0.25, 0.3) is 11.3 Å². The highest BCUT2D eigenvalue weighted by Crippen LogP contribution is 2.29. The number of rotatable bonds is 9. The Morgan fingerprint density at radius 2 is 1.97 bits per heavy atom. The van der Waals surface area contributed by atoms with E-state index in [0.717, 1.165) is 81.7 Å². The number of aromatic nitrogens is 3. The van der Waals surface area contributed by atoms with Crippen LogP contribution in [0, 0.1) is 5.92 Å². The average Bonchev–Trinajstić information content (AvgIpc) is 3.30. The molecule has 1 aliphatic carbocycles. The number of nitrogens with zero attached hydrogens (tertiary/aromatic N) is 3. The van der Waals surface area contributed by atoms with Crippen molar-refractivity contribution in [3.8, 4) is 11.3 Å². The quantitative estimate of drug-likeness (QED) is 0.457. The van der Waals surface area contributed by atoms with Gasteiger partial charge in [0, 0.05) is 25.0 Å². The Morgan fingerprint density at radius 3 is 2.68 bits per heavy atom. The smallest absolute Gasteiger partial charge is 0.224 e. The van der Waals surface area contributed by atoms with Crippen LogP contribution in [0.1, 0.15) is 57.4 Å². The highest BCUT2D eigenvalue weighted by molar-refractivity contribution is 5.73. The zero-order valence-corrected chi connectivity index (χ0v) is 18.6. The predicted molar refractivity (Wildman–Crippen MR) is 125 cm³/mol. The molecular formula is C24H36N6O. The molecule has 4 rings (SSSR count). The first-order chi connectivity index (χ1) is 15.2. The van der Waals surface area contributed by atoms with Crippen LogP contribution >= 0.6 is 0 Å². The maximum atomic E-state index is 9.84. The van der Waals surface area contributed by atoms with Crippen molar-refractivity contribution in [3.05, 3.63) is 30.1 Å². The average molecular weight is 425 g/mol. The van der Waals surface area contributed by atoms with Crippen LogP contribution in [-0.4, -0.2) is 51.8 Å². The zero-order chi connectivity index (χ0) is 21.5. The van der Waals surface area contributed by atoms with E-state index in [9.17, 15) is 5.11 Å². The summed E-state index contributed by atoms with van der Waals surface area (Å²) in [6, 6.07) is 4.60. The van der Waals surface area contributed by atoms with Crippen LogP contribution in [-0.2, 0) is 6.42 Å². The number of unbranched alkanes of at least 4 members (excludes halogenated alkanes) is 1. The molecule has 1 atom stereocenters. The first-order valence-electron chi connectivity index (χ1n) is 11.9. The molecule has 4 N–H and O–H groups in total. The van der Waals surface area contributed by atoms with E-state index >= 15 is 0 Å². The lowest BCUT2D eigenvalue weighted by molar-refractivity contribution is 0.126. The van der Waals surface area contributed by atoms with Crippen LogP contribution in [0.5, 0.6) is 0 Å². The third kappa shape index (κ3) is 6.14. The zero-order valence-electron chi connectivity index (χ0n) is 18.6. The highest BCUT2D eigenvalue weighted by Gasteiger charge is 2.22. The van der Waals surface area contributed by atoms with E-state index in [0.29, 0.717) is 17.9 Å². The lowest BCUT2D eigenvalue weighted by Crippen LogP contribution is -2.29. The van der Waals surface area contributed by atoms with Crippen LogP contribution in [0.15, 0.2) is 24.5 Å². The van der Waals surface area contributed by atoms with Gasteiger partial charge in [0.15, 0.2) is 0 Å². The van der Waals surface area contributed by atoms with Crippen molar-refractivity contribution in [1.82, 2.24) is 20.3 Å². The Hall–Kier alpha value is -2.25. The molecule has 2 aliphatic rings. The summed E-state index contributed by atoms with van der Waals surface area (Å²) in [7, 11) is 0. The van der Waals surface area contributed by atoms with Gasteiger partial charge in [-0.15, -0.1) is 0 Å². The Balaban J connectivity index is 1.51. The van der Waals surface area contributed by atoms with Crippen molar-refractivity contribution in [2.75, 3.05) is 30.3 Å². The van der Waals surface area contributed by atoms with E-state index < -0.39 is 0 Å². The molecule has 2 fully saturated rings. The number of anilines is 2. The minimum atomic E-state index is -0.168. The normalized spacial score (nSPS) is 23.6. The van der Waals surface area contributed by atoms with E-state index in [2.05, 4.69) is 40.0 Å². The number of aliphatic hydroxyl groups is 1. The molecule has 0 aromatic carbocycles. The van der Waals surface area contributed by atoms with Crippen molar-refractivity contribution in [1.29, 1.82) is 0 Å². The van der Waals surface area contributed by atoms with Crippen LogP contribution in [0.2, 0.25) is 0 Å². The summed E-state index contributed by atoms with van der Waals surface area (Å²) in [6.07, 6.45) is 11.8. The standard InChI is InChI=1S/C24H36N6O/c1-2-3-11-26-24-28-16-21(23(30-24)29-19-5-7-20(31)8-6-19)22-9-4-17(15-27-22)13-18-10-12-25-14-18/h4,9,15-16,18-20,25,31H,2-3,5-8,10-14H2,1H3,(H2,26,28,29,30). The summed E-state index contributed by atoms with van der Waals surface area (Å²) >= 11 is 0. The molecule has 0 amide bonds. The van der Waals surface area contributed by atoms with Gasteiger partial charge in [-0.2, -0.15) is 4.98 Å². The summed E-state index contributed by atoms with van der Waals surface area (Å²) < 4.78 is 0. The van der Waals surface area contributed by atoms with Gasteiger partial charge in [-0.3, -0.25) is 4.98 Å². The Labute approximate surface area is 185 Å². The number of pyridine rings is 1. The van der Waals surface area contributed by atoms with Gasteiger partial charge in [-0.1, -0.05) is 19.4 Å². The molecule has 7 nitrogen and oxygen atoms in total. The van der Waals surface area contributed by atoms with E-state index in [-0.39, 0.29) is 6.10 Å². The topological polar surface area (TPSA) is 95.0 Å². The van der Waals surface area contributed by atoms with Gasteiger partial charge in [0.05, 0.1) is 17.4 Å². The number of hydrogen-bond donors (Lipinski definition) is 4. The molecule has 1 saturated carbocycles. The summed E-state index contributed by atoms with van der Waals surface area (Å²) in [5.74, 6) is 2.19. The van der Waals surface area contributed by atoms with E-state index in [4.69, 9.17) is 9.97 Å². The van der Waals surface area contributed by atoms with Gasteiger partial charge in [-0.05, 0) is 75.6 Å². The molecule has 3 heterocycles. The SMILES string of the molecule is CCCCNc1ncc(-c2ccc(CC3CCNC3)cn2)c(NC2CCC(O)CC2)n1. The van der Waals surface area contributed by atoms with Crippen LogP contribution in [0.4, 0.5) is 11.8 Å².